The van der Waals surface area contributed by atoms with E-state index >= 15 is 0 Å². The fourth-order valence-electron chi connectivity index (χ4n) is 1.81. The summed E-state index contributed by atoms with van der Waals surface area (Å²) < 4.78 is 0. The molecule has 86 valence electrons. The number of likely N-dealkylation sites (tertiary alicyclic amines) is 1. The molecule has 6 nitrogen and oxygen atoms in total. The Balaban J connectivity index is 2.68. The summed E-state index contributed by atoms with van der Waals surface area (Å²) in [6, 6.07) is -1.05. The molecule has 0 aromatic heterocycles. The lowest BCUT2D eigenvalue weighted by Gasteiger charge is -2.25. The zero-order valence-corrected chi connectivity index (χ0v) is 9.23. The lowest BCUT2D eigenvalue weighted by Crippen LogP contribution is -2.50. The minimum Gasteiger partial charge on any atom is -0.480 e. The molecule has 0 radical (unpaired) electrons. The molecule has 1 rings (SSSR count). The maximum Gasteiger partial charge on any atom is 0.332 e. The summed E-state index contributed by atoms with van der Waals surface area (Å²) >= 11 is 0. The van der Waals surface area contributed by atoms with Gasteiger partial charge >= 0.3 is 12.0 Å². The molecule has 1 aliphatic heterocycles. The average Bonchev–Trinajstić information content (AvgIpc) is 2.45. The largest absolute Gasteiger partial charge is 0.480 e. The van der Waals surface area contributed by atoms with Crippen molar-refractivity contribution >= 4 is 12.0 Å². The predicted octanol–water partition coefficient (Wildman–Crippen LogP) is -0.0324. The summed E-state index contributed by atoms with van der Waals surface area (Å²) in [6.45, 7) is 2.35. The summed E-state index contributed by atoms with van der Waals surface area (Å²) in [5, 5.41) is 10.5. The highest BCUT2D eigenvalue weighted by atomic mass is 16.4. The molecule has 1 saturated heterocycles. The molecule has 1 heterocycles. The van der Waals surface area contributed by atoms with Gasteiger partial charge in [0.25, 0.3) is 0 Å². The molecule has 2 amide bonds. The fourth-order valence-corrected chi connectivity index (χ4v) is 1.81. The van der Waals surface area contributed by atoms with Gasteiger partial charge in [-0.05, 0) is 12.3 Å². The van der Waals surface area contributed by atoms with Crippen LogP contribution in [0, 0.1) is 5.92 Å². The summed E-state index contributed by atoms with van der Waals surface area (Å²) in [5.41, 5.74) is 2.55. The Morgan fingerprint density at radius 1 is 1.47 bits per heavy atom. The van der Waals surface area contributed by atoms with Crippen molar-refractivity contribution in [1.82, 2.24) is 15.3 Å². The van der Waals surface area contributed by atoms with Crippen molar-refractivity contribution in [3.8, 4) is 0 Å². The third kappa shape index (κ3) is 2.59. The van der Waals surface area contributed by atoms with Gasteiger partial charge in [0.05, 0.1) is 0 Å². The van der Waals surface area contributed by atoms with Crippen LogP contribution in [-0.2, 0) is 4.79 Å². The molecule has 0 aromatic carbocycles. The molecular weight excluding hydrogens is 198 g/mol. The van der Waals surface area contributed by atoms with Crippen LogP contribution in [0.4, 0.5) is 4.79 Å². The number of carbonyl (C=O) groups is 2. The molecule has 2 unspecified atom stereocenters. The minimum atomic E-state index is -0.936. The van der Waals surface area contributed by atoms with Gasteiger partial charge in [-0.3, -0.25) is 5.43 Å². The lowest BCUT2D eigenvalue weighted by molar-refractivity contribution is -0.142. The van der Waals surface area contributed by atoms with E-state index in [4.69, 9.17) is 5.11 Å². The maximum absolute atomic E-state index is 11.6. The van der Waals surface area contributed by atoms with Crippen LogP contribution in [0.15, 0.2) is 0 Å². The third-order valence-electron chi connectivity index (χ3n) is 2.53. The summed E-state index contributed by atoms with van der Waals surface area (Å²) in [7, 11) is 3.38. The van der Waals surface area contributed by atoms with E-state index < -0.39 is 12.0 Å². The molecule has 1 fully saturated rings. The van der Waals surface area contributed by atoms with Gasteiger partial charge < -0.3 is 10.0 Å². The van der Waals surface area contributed by atoms with Crippen molar-refractivity contribution < 1.29 is 14.7 Å². The number of rotatable bonds is 2. The zero-order chi connectivity index (χ0) is 11.6. The second kappa shape index (κ2) is 4.48. The van der Waals surface area contributed by atoms with Crippen LogP contribution in [0.2, 0.25) is 0 Å². The highest BCUT2D eigenvalue weighted by Gasteiger charge is 2.39. The molecule has 1 aliphatic rings. The summed E-state index contributed by atoms with van der Waals surface area (Å²) in [4.78, 5) is 24.0. The van der Waals surface area contributed by atoms with Gasteiger partial charge in [-0.15, -0.1) is 0 Å². The van der Waals surface area contributed by atoms with E-state index in [2.05, 4.69) is 5.43 Å². The standard InChI is InChI=1S/C9H17N3O3/c1-6-4-5-12(7(6)8(13)14)9(15)10-11(2)3/h6-7H,4-5H2,1-3H3,(H,10,15)(H,13,14). The van der Waals surface area contributed by atoms with Crippen molar-refractivity contribution in [3.63, 3.8) is 0 Å². The number of carboxylic acids is 1. The van der Waals surface area contributed by atoms with Crippen molar-refractivity contribution in [2.24, 2.45) is 5.92 Å². The Morgan fingerprint density at radius 2 is 2.07 bits per heavy atom. The molecule has 2 N–H and O–H groups in total. The Hall–Kier alpha value is -1.30. The summed E-state index contributed by atoms with van der Waals surface area (Å²) in [5.74, 6) is -0.927. The first-order valence-electron chi connectivity index (χ1n) is 4.91. The second-order valence-corrected chi connectivity index (χ2v) is 4.05. The highest BCUT2D eigenvalue weighted by molar-refractivity contribution is 5.83. The van der Waals surface area contributed by atoms with Crippen LogP contribution in [-0.4, -0.2) is 53.7 Å². The van der Waals surface area contributed by atoms with E-state index in [1.807, 2.05) is 6.92 Å². The van der Waals surface area contributed by atoms with E-state index in [-0.39, 0.29) is 11.9 Å². The molecule has 0 saturated carbocycles. The van der Waals surface area contributed by atoms with Crippen LogP contribution >= 0.6 is 0 Å². The Labute approximate surface area is 88.8 Å². The number of hydrogen-bond donors (Lipinski definition) is 2. The number of aliphatic carboxylic acids is 1. The minimum absolute atomic E-state index is 0.00964. The van der Waals surface area contributed by atoms with E-state index in [0.717, 1.165) is 6.42 Å². The Bertz CT molecular complexity index is 267. The highest BCUT2D eigenvalue weighted by Crippen LogP contribution is 2.23. The van der Waals surface area contributed by atoms with Crippen LogP contribution in [0.3, 0.4) is 0 Å². The second-order valence-electron chi connectivity index (χ2n) is 4.05. The first-order valence-corrected chi connectivity index (χ1v) is 4.91. The van der Waals surface area contributed by atoms with Crippen molar-refractivity contribution in [2.75, 3.05) is 20.6 Å². The Morgan fingerprint density at radius 3 is 2.53 bits per heavy atom. The number of nitrogens with zero attached hydrogens (tertiary/aromatic N) is 2. The van der Waals surface area contributed by atoms with Crippen LogP contribution in [0.25, 0.3) is 0 Å². The van der Waals surface area contributed by atoms with Crippen molar-refractivity contribution in [1.29, 1.82) is 0 Å². The van der Waals surface area contributed by atoms with Gasteiger partial charge in [0, 0.05) is 20.6 Å². The summed E-state index contributed by atoms with van der Waals surface area (Å²) in [6.07, 6.45) is 0.734. The van der Waals surface area contributed by atoms with Gasteiger partial charge in [-0.25, -0.2) is 14.6 Å². The zero-order valence-electron chi connectivity index (χ0n) is 9.23. The van der Waals surface area contributed by atoms with Gasteiger partial charge in [0.15, 0.2) is 0 Å². The molecule has 0 aliphatic carbocycles. The number of carbonyl (C=O) groups excluding carboxylic acids is 1. The topological polar surface area (TPSA) is 72.9 Å². The molecule has 0 spiro atoms. The molecule has 2 atom stereocenters. The number of carboxylic acid groups (broad SMARTS) is 1. The van der Waals surface area contributed by atoms with Gasteiger partial charge in [0.1, 0.15) is 6.04 Å². The first kappa shape index (κ1) is 11.8. The van der Waals surface area contributed by atoms with Gasteiger partial charge in [-0.1, -0.05) is 6.92 Å². The van der Waals surface area contributed by atoms with E-state index in [9.17, 15) is 9.59 Å². The molecular formula is C9H17N3O3. The maximum atomic E-state index is 11.6. The number of urea groups is 1. The van der Waals surface area contributed by atoms with Gasteiger partial charge in [0.2, 0.25) is 0 Å². The number of amides is 2. The molecule has 15 heavy (non-hydrogen) atoms. The quantitative estimate of drug-likeness (QED) is 0.634. The Kier molecular flexibility index (Phi) is 3.52. The van der Waals surface area contributed by atoms with E-state index in [1.54, 1.807) is 14.1 Å². The monoisotopic (exact) mass is 215 g/mol. The van der Waals surface area contributed by atoms with Gasteiger partial charge in [-0.2, -0.15) is 0 Å². The van der Waals surface area contributed by atoms with E-state index in [1.165, 1.54) is 9.91 Å². The third-order valence-corrected chi connectivity index (χ3v) is 2.53. The number of nitrogens with one attached hydrogen (secondary N) is 1. The molecule has 0 aromatic rings. The first-order chi connectivity index (χ1) is 6.93. The average molecular weight is 215 g/mol. The van der Waals surface area contributed by atoms with Crippen molar-refractivity contribution in [3.05, 3.63) is 0 Å². The van der Waals surface area contributed by atoms with E-state index in [0.29, 0.717) is 6.54 Å². The van der Waals surface area contributed by atoms with Crippen LogP contribution < -0.4 is 5.43 Å². The van der Waals surface area contributed by atoms with Crippen molar-refractivity contribution in [2.45, 2.75) is 19.4 Å². The van der Waals surface area contributed by atoms with Crippen LogP contribution in [0.1, 0.15) is 13.3 Å². The lowest BCUT2D eigenvalue weighted by atomic mass is 10.0. The number of hydrogen-bond acceptors (Lipinski definition) is 3. The predicted molar refractivity (Wildman–Crippen MR) is 54.1 cm³/mol. The smallest absolute Gasteiger partial charge is 0.332 e. The SMILES string of the molecule is CC1CCN(C(=O)NN(C)C)C1C(=O)O. The number of hydrazine groups is 1. The molecule has 6 heteroatoms. The fraction of sp³-hybridized carbons (Fsp3) is 0.778. The molecule has 0 bridgehead atoms. The van der Waals surface area contributed by atoms with Crippen LogP contribution in [0.5, 0.6) is 0 Å². The normalized spacial score (nSPS) is 25.7.